The van der Waals surface area contributed by atoms with Crippen molar-refractivity contribution in [1.29, 1.82) is 0 Å². The fourth-order valence-electron chi connectivity index (χ4n) is 3.83. The van der Waals surface area contributed by atoms with Gasteiger partial charge in [-0.05, 0) is 55.5 Å². The number of para-hydroxylation sites is 2. The lowest BCUT2D eigenvalue weighted by Gasteiger charge is -2.34. The molecule has 2 aromatic carbocycles. The minimum atomic E-state index is 0.579. The Balaban J connectivity index is 1.54. The smallest absolute Gasteiger partial charge is 0.209 e. The number of aromatic nitrogens is 1. The van der Waals surface area contributed by atoms with Gasteiger partial charge in [-0.1, -0.05) is 43.3 Å². The van der Waals surface area contributed by atoms with Crippen LogP contribution >= 0.6 is 0 Å². The van der Waals surface area contributed by atoms with Crippen molar-refractivity contribution in [3.05, 3.63) is 65.5 Å². The average molecular weight is 320 g/mol. The molecule has 3 aromatic rings. The summed E-state index contributed by atoms with van der Waals surface area (Å²) in [5.41, 5.74) is 4.87. The molecule has 0 saturated heterocycles. The van der Waals surface area contributed by atoms with Gasteiger partial charge >= 0.3 is 0 Å². The molecule has 24 heavy (non-hydrogen) atoms. The molecule has 0 saturated carbocycles. The maximum Gasteiger partial charge on any atom is 0.209 e. The predicted octanol–water partition coefficient (Wildman–Crippen LogP) is 4.60. The van der Waals surface area contributed by atoms with Crippen LogP contribution in [-0.4, -0.2) is 22.5 Å². The number of aryl methyl sites for hydroxylation is 1. The molecule has 0 unspecified atom stereocenters. The van der Waals surface area contributed by atoms with E-state index in [2.05, 4.69) is 41.1 Å². The number of nitrogens with zero attached hydrogens (tertiary/aromatic N) is 2. The predicted molar refractivity (Wildman–Crippen MR) is 97.0 cm³/mol. The van der Waals surface area contributed by atoms with E-state index in [1.165, 1.54) is 24.0 Å². The van der Waals surface area contributed by atoms with Crippen LogP contribution in [0.15, 0.2) is 52.9 Å². The first-order valence-corrected chi connectivity index (χ1v) is 8.99. The first-order chi connectivity index (χ1) is 11.8. The average Bonchev–Trinajstić information content (AvgIpc) is 3.03. The lowest BCUT2D eigenvalue weighted by molar-refractivity contribution is 0.157. The Morgan fingerprint density at radius 2 is 1.88 bits per heavy atom. The molecule has 0 amide bonds. The van der Waals surface area contributed by atoms with Gasteiger partial charge < -0.3 is 4.42 Å². The van der Waals surface area contributed by atoms with Gasteiger partial charge in [0.1, 0.15) is 5.52 Å². The zero-order chi connectivity index (χ0) is 16.4. The van der Waals surface area contributed by atoms with E-state index in [0.29, 0.717) is 6.04 Å². The van der Waals surface area contributed by atoms with E-state index in [4.69, 9.17) is 4.42 Å². The Morgan fingerprint density at radius 1 is 1.08 bits per heavy atom. The number of hydrogen-bond acceptors (Lipinski definition) is 3. The van der Waals surface area contributed by atoms with E-state index in [1.807, 2.05) is 24.3 Å². The standard InChI is InChI=1S/C21H24N2O/c1-2-13-23(15-21-22-19-9-5-6-10-20(19)24-21)18-12-11-16-7-3-4-8-17(16)14-18/h3-10,18H,2,11-15H2,1H3/t18-/m1/s1. The fraction of sp³-hybridized carbons (Fsp3) is 0.381. The Morgan fingerprint density at radius 3 is 2.71 bits per heavy atom. The molecule has 0 radical (unpaired) electrons. The van der Waals surface area contributed by atoms with Crippen LogP contribution in [0.3, 0.4) is 0 Å². The SMILES string of the molecule is CCCN(Cc1nc2ccccc2o1)[C@@H]1CCc2ccccc2C1. The molecule has 124 valence electrons. The first-order valence-electron chi connectivity index (χ1n) is 8.99. The number of hydrogen-bond donors (Lipinski definition) is 0. The van der Waals surface area contributed by atoms with Crippen molar-refractivity contribution in [3.8, 4) is 0 Å². The molecule has 0 N–H and O–H groups in total. The molecule has 0 bridgehead atoms. The molecule has 1 atom stereocenters. The van der Waals surface area contributed by atoms with Gasteiger partial charge in [0, 0.05) is 6.04 Å². The van der Waals surface area contributed by atoms with E-state index in [0.717, 1.165) is 42.9 Å². The third-order valence-electron chi connectivity index (χ3n) is 5.02. The first kappa shape index (κ1) is 15.4. The van der Waals surface area contributed by atoms with Crippen LogP contribution in [0.5, 0.6) is 0 Å². The highest BCUT2D eigenvalue weighted by Gasteiger charge is 2.25. The Hall–Kier alpha value is -2.13. The molecule has 1 aliphatic rings. The highest BCUT2D eigenvalue weighted by atomic mass is 16.3. The molecule has 3 heteroatoms. The third kappa shape index (κ3) is 3.09. The summed E-state index contributed by atoms with van der Waals surface area (Å²) in [5, 5.41) is 0. The van der Waals surface area contributed by atoms with Crippen LogP contribution in [0, 0.1) is 0 Å². The van der Waals surface area contributed by atoms with E-state index < -0.39 is 0 Å². The van der Waals surface area contributed by atoms with Crippen LogP contribution in [0.2, 0.25) is 0 Å². The van der Waals surface area contributed by atoms with Gasteiger partial charge in [0.2, 0.25) is 5.89 Å². The van der Waals surface area contributed by atoms with Crippen molar-refractivity contribution >= 4 is 11.1 Å². The van der Waals surface area contributed by atoms with Gasteiger partial charge in [-0.2, -0.15) is 0 Å². The fourth-order valence-corrected chi connectivity index (χ4v) is 3.83. The van der Waals surface area contributed by atoms with E-state index >= 15 is 0 Å². The van der Waals surface area contributed by atoms with Gasteiger partial charge in [0.15, 0.2) is 5.58 Å². The second kappa shape index (κ2) is 6.78. The van der Waals surface area contributed by atoms with Gasteiger partial charge in [-0.15, -0.1) is 0 Å². The molecule has 4 rings (SSSR count). The molecule has 0 aliphatic heterocycles. The second-order valence-corrected chi connectivity index (χ2v) is 6.71. The highest BCUT2D eigenvalue weighted by Crippen LogP contribution is 2.26. The molecule has 1 heterocycles. The number of benzene rings is 2. The summed E-state index contributed by atoms with van der Waals surface area (Å²) in [4.78, 5) is 7.22. The van der Waals surface area contributed by atoms with Crippen LogP contribution in [0.1, 0.15) is 36.8 Å². The zero-order valence-electron chi connectivity index (χ0n) is 14.2. The van der Waals surface area contributed by atoms with Crippen LogP contribution in [-0.2, 0) is 19.4 Å². The van der Waals surface area contributed by atoms with Crippen molar-refractivity contribution in [2.75, 3.05) is 6.54 Å². The normalized spacial score (nSPS) is 17.3. The summed E-state index contributed by atoms with van der Waals surface area (Å²) < 4.78 is 5.95. The Labute approximate surface area is 143 Å². The van der Waals surface area contributed by atoms with E-state index in [9.17, 15) is 0 Å². The molecular weight excluding hydrogens is 296 g/mol. The van der Waals surface area contributed by atoms with Crippen LogP contribution < -0.4 is 0 Å². The summed E-state index contributed by atoms with van der Waals surface area (Å²) in [6.45, 7) is 4.14. The summed E-state index contributed by atoms with van der Waals surface area (Å²) in [7, 11) is 0. The Kier molecular flexibility index (Phi) is 4.35. The van der Waals surface area contributed by atoms with Crippen molar-refractivity contribution in [1.82, 2.24) is 9.88 Å². The van der Waals surface area contributed by atoms with Crippen molar-refractivity contribution in [3.63, 3.8) is 0 Å². The quantitative estimate of drug-likeness (QED) is 0.688. The summed E-state index contributed by atoms with van der Waals surface area (Å²) >= 11 is 0. The van der Waals surface area contributed by atoms with Crippen molar-refractivity contribution in [2.45, 2.75) is 45.2 Å². The van der Waals surface area contributed by atoms with Gasteiger partial charge in [0.05, 0.1) is 6.54 Å². The van der Waals surface area contributed by atoms with Crippen LogP contribution in [0.25, 0.3) is 11.1 Å². The van der Waals surface area contributed by atoms with Crippen LogP contribution in [0.4, 0.5) is 0 Å². The lowest BCUT2D eigenvalue weighted by atomic mass is 9.87. The molecule has 1 aliphatic carbocycles. The largest absolute Gasteiger partial charge is 0.439 e. The zero-order valence-corrected chi connectivity index (χ0v) is 14.2. The minimum Gasteiger partial charge on any atom is -0.439 e. The topological polar surface area (TPSA) is 29.3 Å². The van der Waals surface area contributed by atoms with E-state index in [1.54, 1.807) is 0 Å². The molecule has 3 nitrogen and oxygen atoms in total. The Bertz CT molecular complexity index is 790. The van der Waals surface area contributed by atoms with Gasteiger partial charge in [-0.3, -0.25) is 4.90 Å². The number of rotatable bonds is 5. The molecule has 0 fully saturated rings. The maximum absolute atomic E-state index is 5.95. The monoisotopic (exact) mass is 320 g/mol. The van der Waals surface area contributed by atoms with E-state index in [-0.39, 0.29) is 0 Å². The molecule has 1 aromatic heterocycles. The van der Waals surface area contributed by atoms with Crippen molar-refractivity contribution < 1.29 is 4.42 Å². The summed E-state index contributed by atoms with van der Waals surface area (Å²) in [6.07, 6.45) is 4.68. The number of oxazole rings is 1. The lowest BCUT2D eigenvalue weighted by Crippen LogP contribution is -2.39. The third-order valence-corrected chi connectivity index (χ3v) is 5.02. The second-order valence-electron chi connectivity index (χ2n) is 6.71. The summed E-state index contributed by atoms with van der Waals surface area (Å²) in [5.74, 6) is 0.837. The van der Waals surface area contributed by atoms with Gasteiger partial charge in [-0.25, -0.2) is 4.98 Å². The maximum atomic E-state index is 5.95. The summed E-state index contributed by atoms with van der Waals surface area (Å²) in [6, 6.07) is 17.5. The van der Waals surface area contributed by atoms with Gasteiger partial charge in [0.25, 0.3) is 0 Å². The van der Waals surface area contributed by atoms with Crippen molar-refractivity contribution in [2.24, 2.45) is 0 Å². The highest BCUT2D eigenvalue weighted by molar-refractivity contribution is 5.72. The number of fused-ring (bicyclic) bond motifs is 2. The minimum absolute atomic E-state index is 0.579. The molecule has 0 spiro atoms. The molecular formula is C21H24N2O.